The molecule has 4 heteroatoms. The number of para-hydroxylation sites is 1. The first-order chi connectivity index (χ1) is 22.3. The molecule has 0 aliphatic heterocycles. The number of pyridine rings is 1. The summed E-state index contributed by atoms with van der Waals surface area (Å²) in [6, 6.07) is 50.7. The minimum Gasteiger partial charge on any atom is -0.308 e. The minimum atomic E-state index is 1.08. The number of hydrogen-bond donors (Lipinski definition) is 0. The number of rotatable bonds is 3. The van der Waals surface area contributed by atoms with Crippen LogP contribution in [0.1, 0.15) is 0 Å². The van der Waals surface area contributed by atoms with Gasteiger partial charge in [-0.3, -0.25) is 0 Å². The van der Waals surface area contributed by atoms with Gasteiger partial charge in [-0.15, -0.1) is 22.7 Å². The Morgan fingerprint density at radius 1 is 0.467 bits per heavy atom. The lowest BCUT2D eigenvalue weighted by Crippen LogP contribution is -1.96. The maximum Gasteiger partial charge on any atom is 0.124 e. The second-order valence-electron chi connectivity index (χ2n) is 11.5. The first-order valence-electron chi connectivity index (χ1n) is 15.1. The van der Waals surface area contributed by atoms with Crippen LogP contribution in [0.5, 0.6) is 0 Å². The van der Waals surface area contributed by atoms with E-state index in [1.54, 1.807) is 0 Å². The zero-order valence-corrected chi connectivity index (χ0v) is 25.7. The van der Waals surface area contributed by atoms with Gasteiger partial charge in [0.15, 0.2) is 0 Å². The topological polar surface area (TPSA) is 17.8 Å². The van der Waals surface area contributed by atoms with E-state index in [0.29, 0.717) is 0 Å². The fraction of sp³-hybridized carbons (Fsp3) is 0. The molecule has 0 aliphatic rings. The highest BCUT2D eigenvalue weighted by Gasteiger charge is 2.25. The molecule has 0 spiro atoms. The molecule has 0 saturated heterocycles. The van der Waals surface area contributed by atoms with Crippen molar-refractivity contribution in [3.05, 3.63) is 146 Å². The van der Waals surface area contributed by atoms with E-state index in [4.69, 9.17) is 4.98 Å². The number of benzene rings is 6. The molecule has 6 aromatic carbocycles. The van der Waals surface area contributed by atoms with E-state index < -0.39 is 0 Å². The van der Waals surface area contributed by atoms with Crippen LogP contribution >= 0.6 is 22.7 Å². The molecule has 45 heavy (non-hydrogen) atoms. The summed E-state index contributed by atoms with van der Waals surface area (Å²) < 4.78 is 6.51. The van der Waals surface area contributed by atoms with Gasteiger partial charge in [0.25, 0.3) is 0 Å². The van der Waals surface area contributed by atoms with Crippen LogP contribution in [0, 0.1) is 0 Å². The van der Waals surface area contributed by atoms with E-state index in [2.05, 4.69) is 144 Å². The van der Waals surface area contributed by atoms with Crippen molar-refractivity contribution < 1.29 is 0 Å². The van der Waals surface area contributed by atoms with Crippen LogP contribution in [0.2, 0.25) is 0 Å². The van der Waals surface area contributed by atoms with Crippen molar-refractivity contribution in [2.24, 2.45) is 0 Å². The lowest BCUT2D eigenvalue weighted by atomic mass is 9.98. The van der Waals surface area contributed by atoms with Crippen molar-refractivity contribution >= 4 is 85.0 Å². The third-order valence-electron chi connectivity index (χ3n) is 9.02. The van der Waals surface area contributed by atoms with E-state index in [-0.39, 0.29) is 0 Å². The zero-order chi connectivity index (χ0) is 29.5. The van der Waals surface area contributed by atoms with Gasteiger partial charge in [0, 0.05) is 58.3 Å². The SMILES string of the molecule is c1ccc(-c2cc(-c3ccccc3)cc(-n3c4ccccc4c4c5sc6ccccc6c5c5sc6ncccc6c5c43)c2)cc1. The summed E-state index contributed by atoms with van der Waals surface area (Å²) >= 11 is 3.73. The van der Waals surface area contributed by atoms with E-state index in [0.717, 1.165) is 10.5 Å². The van der Waals surface area contributed by atoms with Gasteiger partial charge >= 0.3 is 0 Å². The molecule has 0 aliphatic carbocycles. The molecule has 4 heterocycles. The summed E-state index contributed by atoms with van der Waals surface area (Å²) in [4.78, 5) is 5.95. The summed E-state index contributed by atoms with van der Waals surface area (Å²) in [6.45, 7) is 0. The van der Waals surface area contributed by atoms with E-state index in [9.17, 15) is 0 Å². The second-order valence-corrected chi connectivity index (χ2v) is 13.6. The van der Waals surface area contributed by atoms with Crippen molar-refractivity contribution in [3.8, 4) is 27.9 Å². The first kappa shape index (κ1) is 25.1. The van der Waals surface area contributed by atoms with Crippen LogP contribution in [0.3, 0.4) is 0 Å². The highest BCUT2D eigenvalue weighted by atomic mass is 32.1. The van der Waals surface area contributed by atoms with Crippen LogP contribution in [0.25, 0.3) is 90.2 Å². The summed E-state index contributed by atoms with van der Waals surface area (Å²) in [6.07, 6.45) is 1.92. The van der Waals surface area contributed by atoms with E-state index in [1.807, 2.05) is 28.9 Å². The van der Waals surface area contributed by atoms with Crippen molar-refractivity contribution in [2.45, 2.75) is 0 Å². The average molecular weight is 609 g/mol. The van der Waals surface area contributed by atoms with Crippen LogP contribution < -0.4 is 0 Å². The molecule has 0 radical (unpaired) electrons. The molecule has 0 fully saturated rings. The smallest absolute Gasteiger partial charge is 0.124 e. The molecule has 0 atom stereocenters. The lowest BCUT2D eigenvalue weighted by molar-refractivity contribution is 1.19. The molecule has 2 nitrogen and oxygen atoms in total. The standard InChI is InChI=1S/C41H24N2S2/c1-3-12-25(13-4-1)27-22-28(26-14-5-2-6-15-26)24-29(23-27)43-33-19-9-7-16-30(33)35-38(43)36-32-18-11-21-42-41(32)45-40(36)37-31-17-8-10-20-34(31)44-39(35)37/h1-24H. The van der Waals surface area contributed by atoms with Gasteiger partial charge < -0.3 is 4.57 Å². The van der Waals surface area contributed by atoms with Crippen molar-refractivity contribution in [1.82, 2.24) is 9.55 Å². The number of thiophene rings is 2. The Bertz CT molecular complexity index is 2660. The van der Waals surface area contributed by atoms with Crippen molar-refractivity contribution in [1.29, 1.82) is 0 Å². The van der Waals surface area contributed by atoms with Gasteiger partial charge in [-0.2, -0.15) is 0 Å². The van der Waals surface area contributed by atoms with Gasteiger partial charge in [0.05, 0.1) is 11.0 Å². The number of hydrogen-bond acceptors (Lipinski definition) is 3. The van der Waals surface area contributed by atoms with Crippen LogP contribution in [0.15, 0.2) is 146 Å². The maximum absolute atomic E-state index is 4.87. The Labute approximate surface area is 267 Å². The monoisotopic (exact) mass is 608 g/mol. The molecule has 0 amide bonds. The van der Waals surface area contributed by atoms with Gasteiger partial charge in [-0.1, -0.05) is 97.1 Å². The Balaban J connectivity index is 1.45. The van der Waals surface area contributed by atoms with E-state index >= 15 is 0 Å². The predicted molar refractivity (Wildman–Crippen MR) is 195 cm³/mol. The molecule has 0 N–H and O–H groups in total. The van der Waals surface area contributed by atoms with Crippen molar-refractivity contribution in [2.75, 3.05) is 0 Å². The normalized spacial score (nSPS) is 12.0. The third-order valence-corrected chi connectivity index (χ3v) is 11.3. The highest BCUT2D eigenvalue weighted by molar-refractivity contribution is 7.30. The summed E-state index contributed by atoms with van der Waals surface area (Å²) in [7, 11) is 0. The second kappa shape index (κ2) is 9.60. The summed E-state index contributed by atoms with van der Waals surface area (Å²) in [5, 5.41) is 7.78. The Morgan fingerprint density at radius 2 is 1.07 bits per heavy atom. The summed E-state index contributed by atoms with van der Waals surface area (Å²) in [5.74, 6) is 0. The minimum absolute atomic E-state index is 1.08. The van der Waals surface area contributed by atoms with Gasteiger partial charge in [0.1, 0.15) is 4.83 Å². The number of aromatic nitrogens is 2. The van der Waals surface area contributed by atoms with Gasteiger partial charge in [-0.25, -0.2) is 4.98 Å². The Hall–Kier alpha value is -5.29. The Morgan fingerprint density at radius 3 is 1.82 bits per heavy atom. The fourth-order valence-corrected chi connectivity index (χ4v) is 9.64. The molecule has 0 unspecified atom stereocenters. The van der Waals surface area contributed by atoms with Crippen LogP contribution in [0.4, 0.5) is 0 Å². The number of fused-ring (bicyclic) bond motifs is 12. The zero-order valence-electron chi connectivity index (χ0n) is 24.1. The summed E-state index contributed by atoms with van der Waals surface area (Å²) in [5.41, 5.74) is 8.45. The Kier molecular flexibility index (Phi) is 5.35. The predicted octanol–water partition coefficient (Wildman–Crippen LogP) is 12.2. The molecule has 4 aromatic heterocycles. The van der Waals surface area contributed by atoms with Gasteiger partial charge in [-0.05, 0) is 64.7 Å². The van der Waals surface area contributed by atoms with E-state index in [1.165, 1.54) is 79.7 Å². The molecule has 10 aromatic rings. The molecule has 10 rings (SSSR count). The third kappa shape index (κ3) is 3.64. The average Bonchev–Trinajstić information content (AvgIpc) is 3.78. The highest BCUT2D eigenvalue weighted by Crippen LogP contribution is 2.52. The molecular formula is C41H24N2S2. The largest absolute Gasteiger partial charge is 0.308 e. The van der Waals surface area contributed by atoms with Gasteiger partial charge in [0.2, 0.25) is 0 Å². The molecular weight excluding hydrogens is 585 g/mol. The van der Waals surface area contributed by atoms with Crippen molar-refractivity contribution in [3.63, 3.8) is 0 Å². The van der Waals surface area contributed by atoms with Crippen LogP contribution in [-0.2, 0) is 0 Å². The number of nitrogens with zero attached hydrogens (tertiary/aromatic N) is 2. The quantitative estimate of drug-likeness (QED) is 0.195. The molecule has 210 valence electrons. The van der Waals surface area contributed by atoms with Crippen LogP contribution in [-0.4, -0.2) is 9.55 Å². The maximum atomic E-state index is 4.87. The first-order valence-corrected chi connectivity index (χ1v) is 16.8. The molecule has 0 bridgehead atoms. The fourth-order valence-electron chi connectivity index (χ4n) is 7.10. The lowest BCUT2D eigenvalue weighted by Gasteiger charge is -2.15. The molecule has 0 saturated carbocycles.